The molecule has 45 heavy (non-hydrogen) atoms. The molecule has 0 aromatic carbocycles. The molecule has 0 saturated carbocycles. The molecule has 0 radical (unpaired) electrons. The van der Waals surface area contributed by atoms with Crippen molar-refractivity contribution >= 4 is 41.6 Å². The first-order valence-corrected chi connectivity index (χ1v) is 16.7. The van der Waals surface area contributed by atoms with Crippen molar-refractivity contribution in [2.24, 2.45) is 11.8 Å². The van der Waals surface area contributed by atoms with Crippen LogP contribution in [0.1, 0.15) is 78.1 Å². The number of rotatable bonds is 14. The summed E-state index contributed by atoms with van der Waals surface area (Å²) in [7, 11) is 0. The van der Waals surface area contributed by atoms with E-state index in [1.54, 1.807) is 0 Å². The van der Waals surface area contributed by atoms with Gasteiger partial charge in [0.1, 0.15) is 0 Å². The van der Waals surface area contributed by atoms with Gasteiger partial charge in [0.2, 0.25) is 5.91 Å². The maximum absolute atomic E-state index is 12.6. The molecule has 12 heteroatoms. The van der Waals surface area contributed by atoms with E-state index in [1.807, 2.05) is 33.8 Å². The summed E-state index contributed by atoms with van der Waals surface area (Å²) in [5, 5.41) is 35.0. The Kier molecular flexibility index (Phi) is 9.64. The third-order valence-corrected chi connectivity index (χ3v) is 10.8. The van der Waals surface area contributed by atoms with Gasteiger partial charge in [0, 0.05) is 90.6 Å². The molecule has 2 aromatic rings. The number of aliphatic carboxylic acids is 2. The van der Waals surface area contributed by atoms with Crippen molar-refractivity contribution in [2.75, 3.05) is 12.4 Å². The molecule has 5 rings (SSSR count). The predicted octanol–water partition coefficient (Wildman–Crippen LogP) is 2.24. The molecule has 11 nitrogen and oxygen atoms in total. The van der Waals surface area contributed by atoms with Crippen LogP contribution in [0.25, 0.3) is 6.08 Å². The molecule has 1 unspecified atom stereocenters. The van der Waals surface area contributed by atoms with Crippen LogP contribution in [-0.2, 0) is 56.6 Å². The van der Waals surface area contributed by atoms with Gasteiger partial charge in [0.05, 0.1) is 0 Å². The van der Waals surface area contributed by atoms with Crippen molar-refractivity contribution in [1.29, 1.82) is 0 Å². The Morgan fingerprint density at radius 3 is 2.16 bits per heavy atom. The van der Waals surface area contributed by atoms with Crippen molar-refractivity contribution < 1.29 is 34.5 Å². The maximum atomic E-state index is 12.6. The van der Waals surface area contributed by atoms with Crippen molar-refractivity contribution in [3.05, 3.63) is 61.9 Å². The maximum Gasteiger partial charge on any atom is 0.303 e. The van der Waals surface area contributed by atoms with Crippen molar-refractivity contribution in [3.63, 3.8) is 0 Å². The lowest BCUT2D eigenvalue weighted by Crippen LogP contribution is -2.33. The standard InChI is InChI=1S/C33H42N4O7S/c1-15-19(5-7-29(39)40)25(34-22(15)11-24-17(3)21(9-10-38)33(44)36-24)13-26-20(6-8-30(41)42)16(2)23(35-26)12-27-31(28-14-45-28)18(4)32(43)37-27/h11,18,27-28,31,34-35,38H,5-10,12-14H2,1-4H3,(H,36,44)(H,37,43)(H,39,40)(H,41,42)/p+1/b24-11-/t18-,27?,28-,31-/m1/s1. The third-order valence-electron chi connectivity index (χ3n) is 9.68. The van der Waals surface area contributed by atoms with Crippen molar-refractivity contribution in [1.82, 2.24) is 20.6 Å². The van der Waals surface area contributed by atoms with Gasteiger partial charge in [-0.3, -0.25) is 19.2 Å². The number of nitrogens with one attached hydrogen (secondary N) is 4. The van der Waals surface area contributed by atoms with Crippen LogP contribution in [0.4, 0.5) is 0 Å². The lowest BCUT2D eigenvalue weighted by molar-refractivity contribution is -0.138. The van der Waals surface area contributed by atoms with Gasteiger partial charge < -0.3 is 35.9 Å². The molecule has 0 aliphatic carbocycles. The molecule has 0 bridgehead atoms. The highest BCUT2D eigenvalue weighted by Crippen LogP contribution is 2.37. The lowest BCUT2D eigenvalue weighted by Gasteiger charge is -2.17. The Labute approximate surface area is 266 Å². The fraction of sp³-hybridized carbons (Fsp3) is 0.515. The monoisotopic (exact) mass is 639 g/mol. The molecule has 5 heterocycles. The molecular formula is C33H43N4O7S+. The molecule has 2 amide bonds. The molecule has 4 atom stereocenters. The summed E-state index contributed by atoms with van der Waals surface area (Å²) in [4.78, 5) is 55.3. The summed E-state index contributed by atoms with van der Waals surface area (Å²) in [6, 6.07) is 0.00996. The fourth-order valence-corrected chi connectivity index (χ4v) is 8.09. The summed E-state index contributed by atoms with van der Waals surface area (Å²) in [5.74, 6) is -0.603. The number of allylic oxidation sites excluding steroid dienone is 1. The number of aromatic amines is 2. The Morgan fingerprint density at radius 1 is 0.933 bits per heavy atom. The Morgan fingerprint density at radius 2 is 1.56 bits per heavy atom. The van der Waals surface area contributed by atoms with Crippen LogP contribution in [0, 0.1) is 25.7 Å². The first-order valence-electron chi connectivity index (χ1n) is 15.5. The number of carbonyl (C=O) groups excluding carboxylic acids is 2. The summed E-state index contributed by atoms with van der Waals surface area (Å²) in [6.45, 7) is 7.62. The normalized spacial score (nSPS) is 23.6. The number of carboxylic acids is 2. The van der Waals surface area contributed by atoms with E-state index in [2.05, 4.69) is 20.6 Å². The Bertz CT molecular complexity index is 1600. The Hall–Kier alpha value is -3.77. The molecule has 2 aromatic heterocycles. The van der Waals surface area contributed by atoms with Gasteiger partial charge in [-0.05, 0) is 79.3 Å². The van der Waals surface area contributed by atoms with E-state index in [4.69, 9.17) is 0 Å². The first-order chi connectivity index (χ1) is 21.4. The van der Waals surface area contributed by atoms with Crippen molar-refractivity contribution in [3.8, 4) is 0 Å². The van der Waals surface area contributed by atoms with E-state index in [-0.39, 0.29) is 55.6 Å². The molecule has 3 aliphatic rings. The van der Waals surface area contributed by atoms with Crippen molar-refractivity contribution in [2.45, 2.75) is 83.9 Å². The molecule has 2 fully saturated rings. The number of H-pyrrole nitrogens is 2. The van der Waals surface area contributed by atoms with Gasteiger partial charge in [-0.15, -0.1) is 0 Å². The van der Waals surface area contributed by atoms with Gasteiger partial charge in [0.15, 0.2) is 11.0 Å². The van der Waals surface area contributed by atoms with Crippen LogP contribution in [0.2, 0.25) is 0 Å². The number of aliphatic hydroxyl groups excluding tert-OH is 1. The van der Waals surface area contributed by atoms with Gasteiger partial charge in [0.25, 0.3) is 5.91 Å². The minimum atomic E-state index is -0.908. The lowest BCUT2D eigenvalue weighted by atomic mass is 9.86. The largest absolute Gasteiger partial charge is 0.481 e. The van der Waals surface area contributed by atoms with Crippen LogP contribution in [0.5, 0.6) is 0 Å². The van der Waals surface area contributed by atoms with E-state index in [0.29, 0.717) is 42.2 Å². The number of carboxylic acid groups (broad SMARTS) is 2. The van der Waals surface area contributed by atoms with E-state index >= 15 is 0 Å². The SMILES string of the molecule is CC1=C(CCO)C(=O)N/C1=C\c1[nH]c(Cc2[nH]c(CC3NC(=O)[C@H](C)[C@H]3[C@H]3C[SH+]3)c(C)c2CCC(=O)O)c(CCC(=O)O)c1C. The third kappa shape index (κ3) is 6.91. The zero-order valence-electron chi connectivity index (χ0n) is 26.2. The van der Waals surface area contributed by atoms with Crippen LogP contribution >= 0.6 is 0 Å². The smallest absolute Gasteiger partial charge is 0.303 e. The van der Waals surface area contributed by atoms with Crippen LogP contribution in [0.3, 0.4) is 0 Å². The highest BCUT2D eigenvalue weighted by atomic mass is 32.2. The number of aromatic nitrogens is 2. The molecule has 2 saturated heterocycles. The second-order valence-electron chi connectivity index (χ2n) is 12.5. The summed E-state index contributed by atoms with van der Waals surface area (Å²) >= 11 is 1.39. The number of hydrogen-bond acceptors (Lipinski definition) is 5. The molecular weight excluding hydrogens is 596 g/mol. The van der Waals surface area contributed by atoms with Crippen LogP contribution in [-0.4, -0.2) is 72.7 Å². The second kappa shape index (κ2) is 13.3. The highest BCUT2D eigenvalue weighted by Gasteiger charge is 2.54. The zero-order valence-corrected chi connectivity index (χ0v) is 27.1. The number of amides is 2. The number of hydrogen-bond donors (Lipinski definition) is 7. The summed E-state index contributed by atoms with van der Waals surface area (Å²) in [6.07, 6.45) is 3.70. The van der Waals surface area contributed by atoms with Gasteiger partial charge >= 0.3 is 11.9 Å². The number of aliphatic hydroxyl groups is 1. The van der Waals surface area contributed by atoms with Crippen LogP contribution in [0.15, 0.2) is 16.8 Å². The fourth-order valence-electron chi connectivity index (χ4n) is 7.02. The van der Waals surface area contributed by atoms with Gasteiger partial charge in [-0.25, -0.2) is 0 Å². The molecule has 7 N–H and O–H groups in total. The summed E-state index contributed by atoms with van der Waals surface area (Å²) in [5.41, 5.74) is 9.01. The Balaban J connectivity index is 1.50. The van der Waals surface area contributed by atoms with E-state index in [1.165, 1.54) is 11.8 Å². The van der Waals surface area contributed by atoms with E-state index in [9.17, 15) is 34.5 Å². The highest BCUT2D eigenvalue weighted by molar-refractivity contribution is 7.86. The van der Waals surface area contributed by atoms with Gasteiger partial charge in [-0.2, -0.15) is 0 Å². The molecule has 3 aliphatic heterocycles. The number of thiol groups is 1. The van der Waals surface area contributed by atoms with E-state index in [0.717, 1.165) is 56.4 Å². The zero-order chi connectivity index (χ0) is 32.6. The topological polar surface area (TPSA) is 185 Å². The second-order valence-corrected chi connectivity index (χ2v) is 13.9. The van der Waals surface area contributed by atoms with Gasteiger partial charge in [-0.1, -0.05) is 6.92 Å². The average Bonchev–Trinajstić information content (AvgIpc) is 3.56. The molecule has 242 valence electrons. The average molecular weight is 640 g/mol. The quantitative estimate of drug-likeness (QED) is 0.0939. The van der Waals surface area contributed by atoms with E-state index < -0.39 is 11.9 Å². The first kappa shape index (κ1) is 32.6. The minimum Gasteiger partial charge on any atom is -0.481 e. The minimum absolute atomic E-state index is 0.00996. The molecule has 0 spiro atoms. The predicted molar refractivity (Wildman–Crippen MR) is 172 cm³/mol. The summed E-state index contributed by atoms with van der Waals surface area (Å²) < 4.78 is 0. The van der Waals surface area contributed by atoms with Crippen LogP contribution < -0.4 is 10.6 Å². The number of carbonyl (C=O) groups is 4.